The number of hydrogen-bond acceptors (Lipinski definition) is 4. The van der Waals surface area contributed by atoms with Crippen molar-refractivity contribution in [3.63, 3.8) is 0 Å². The van der Waals surface area contributed by atoms with Crippen molar-refractivity contribution in [2.45, 2.75) is 50.7 Å². The molecule has 1 aromatic carbocycles. The normalized spacial score (nSPS) is 23.5. The molecule has 1 atom stereocenters. The van der Waals surface area contributed by atoms with Crippen molar-refractivity contribution in [2.75, 3.05) is 33.3 Å². The zero-order valence-electron chi connectivity index (χ0n) is 16.6. The summed E-state index contributed by atoms with van der Waals surface area (Å²) >= 11 is 0. The van der Waals surface area contributed by atoms with E-state index < -0.39 is 0 Å². The molecule has 2 aliphatic heterocycles. The Labute approximate surface area is 166 Å². The van der Waals surface area contributed by atoms with Crippen LogP contribution >= 0.6 is 0 Å². The molecule has 0 unspecified atom stereocenters. The van der Waals surface area contributed by atoms with Gasteiger partial charge in [0, 0.05) is 57.6 Å². The Morgan fingerprint density at radius 1 is 0.893 bits per heavy atom. The average Bonchev–Trinajstić information content (AvgIpc) is 3.59. The van der Waals surface area contributed by atoms with Crippen LogP contribution in [0.4, 0.5) is 0 Å². The number of likely N-dealkylation sites (tertiary alicyclic amines) is 2. The maximum absolute atomic E-state index is 12.7. The molecule has 6 heteroatoms. The predicted molar refractivity (Wildman–Crippen MR) is 105 cm³/mol. The van der Waals surface area contributed by atoms with Crippen molar-refractivity contribution < 1.29 is 19.1 Å². The van der Waals surface area contributed by atoms with Crippen LogP contribution in [-0.4, -0.2) is 67.1 Å². The van der Waals surface area contributed by atoms with Gasteiger partial charge in [0.15, 0.2) is 0 Å². The summed E-state index contributed by atoms with van der Waals surface area (Å²) in [6.07, 6.45) is 6.11. The van der Waals surface area contributed by atoms with Crippen LogP contribution in [0.3, 0.4) is 0 Å². The number of ether oxygens (including phenoxy) is 2. The van der Waals surface area contributed by atoms with E-state index in [0.717, 1.165) is 63.9 Å². The molecule has 0 spiro atoms. The lowest BCUT2D eigenvalue weighted by molar-refractivity contribution is -0.134. The van der Waals surface area contributed by atoms with E-state index in [4.69, 9.17) is 9.47 Å². The smallest absolute Gasteiger partial charge is 0.253 e. The van der Waals surface area contributed by atoms with E-state index in [-0.39, 0.29) is 18.1 Å². The first-order valence-electron chi connectivity index (χ1n) is 10.5. The minimum atomic E-state index is 0.0557. The van der Waals surface area contributed by atoms with Gasteiger partial charge < -0.3 is 19.3 Å². The van der Waals surface area contributed by atoms with Gasteiger partial charge in [-0.3, -0.25) is 9.59 Å². The molecule has 1 aromatic rings. The van der Waals surface area contributed by atoms with Crippen molar-refractivity contribution >= 4 is 11.8 Å². The third-order valence-corrected chi connectivity index (χ3v) is 6.08. The zero-order chi connectivity index (χ0) is 19.5. The fourth-order valence-electron chi connectivity index (χ4n) is 4.15. The third-order valence-electron chi connectivity index (χ3n) is 6.08. The van der Waals surface area contributed by atoms with Crippen LogP contribution in [0.1, 0.15) is 48.9 Å². The molecule has 0 N–H and O–H groups in total. The number of rotatable bonds is 5. The molecule has 2 amide bonds. The largest absolute Gasteiger partial charge is 0.490 e. The Morgan fingerprint density at radius 3 is 2.25 bits per heavy atom. The van der Waals surface area contributed by atoms with Gasteiger partial charge in [-0.05, 0) is 49.9 Å². The van der Waals surface area contributed by atoms with Gasteiger partial charge in [0.2, 0.25) is 5.91 Å². The maximum Gasteiger partial charge on any atom is 0.253 e. The lowest BCUT2D eigenvalue weighted by Gasteiger charge is -2.32. The second-order valence-electron chi connectivity index (χ2n) is 8.19. The lowest BCUT2D eigenvalue weighted by Crippen LogP contribution is -2.43. The Morgan fingerprint density at radius 2 is 1.61 bits per heavy atom. The summed E-state index contributed by atoms with van der Waals surface area (Å²) in [4.78, 5) is 28.7. The summed E-state index contributed by atoms with van der Waals surface area (Å²) in [6.45, 7) is 3.01. The average molecular weight is 386 g/mol. The molecular formula is C22H30N2O4. The molecular weight excluding hydrogens is 356 g/mol. The minimum absolute atomic E-state index is 0.0557. The second-order valence-corrected chi connectivity index (χ2v) is 8.19. The van der Waals surface area contributed by atoms with Gasteiger partial charge in [0.1, 0.15) is 11.9 Å². The number of hydrogen-bond donors (Lipinski definition) is 0. The molecule has 4 rings (SSSR count). The summed E-state index contributed by atoms with van der Waals surface area (Å²) in [5.74, 6) is 1.47. The molecule has 1 aliphatic carbocycles. The Kier molecular flexibility index (Phi) is 5.85. The van der Waals surface area contributed by atoms with Crippen molar-refractivity contribution in [3.8, 4) is 5.75 Å². The van der Waals surface area contributed by atoms with E-state index in [2.05, 4.69) is 0 Å². The molecule has 0 radical (unpaired) electrons. The van der Waals surface area contributed by atoms with Crippen molar-refractivity contribution in [1.82, 2.24) is 9.80 Å². The SMILES string of the molecule is CO[C@@H]1CCCN(C(=O)c2ccc(OC3CCN(C(=O)C4CC4)CC3)cc2)C1. The first kappa shape index (κ1) is 19.2. The van der Waals surface area contributed by atoms with Crippen LogP contribution in [0.15, 0.2) is 24.3 Å². The van der Waals surface area contributed by atoms with Crippen molar-refractivity contribution in [3.05, 3.63) is 29.8 Å². The number of methoxy groups -OCH3 is 1. The standard InChI is InChI=1S/C22H30N2O4/c1-27-20-3-2-12-24(15-20)22(26)17-6-8-18(9-7-17)28-19-10-13-23(14-11-19)21(25)16-4-5-16/h6-9,16,19-20H,2-5,10-15H2,1H3/t20-/m1/s1. The monoisotopic (exact) mass is 386 g/mol. The molecule has 3 fully saturated rings. The summed E-state index contributed by atoms with van der Waals surface area (Å²) in [6, 6.07) is 7.46. The van der Waals surface area contributed by atoms with E-state index >= 15 is 0 Å². The molecule has 3 aliphatic rings. The summed E-state index contributed by atoms with van der Waals surface area (Å²) < 4.78 is 11.5. The highest BCUT2D eigenvalue weighted by molar-refractivity contribution is 5.94. The van der Waals surface area contributed by atoms with Gasteiger partial charge in [0.25, 0.3) is 5.91 Å². The van der Waals surface area contributed by atoms with Gasteiger partial charge in [-0.2, -0.15) is 0 Å². The van der Waals surface area contributed by atoms with Gasteiger partial charge >= 0.3 is 0 Å². The Balaban J connectivity index is 1.27. The molecule has 2 saturated heterocycles. The third kappa shape index (κ3) is 4.49. The van der Waals surface area contributed by atoms with E-state index in [1.54, 1.807) is 7.11 Å². The molecule has 6 nitrogen and oxygen atoms in total. The number of nitrogens with zero attached hydrogens (tertiary/aromatic N) is 2. The molecule has 28 heavy (non-hydrogen) atoms. The lowest BCUT2D eigenvalue weighted by atomic mass is 10.1. The zero-order valence-corrected chi connectivity index (χ0v) is 16.6. The Bertz CT molecular complexity index is 693. The number of amides is 2. The number of benzene rings is 1. The van der Waals surface area contributed by atoms with Crippen LogP contribution < -0.4 is 4.74 Å². The molecule has 2 heterocycles. The summed E-state index contributed by atoms with van der Waals surface area (Å²) in [5.41, 5.74) is 0.689. The van der Waals surface area contributed by atoms with E-state index in [1.807, 2.05) is 34.1 Å². The van der Waals surface area contributed by atoms with Gasteiger partial charge in [-0.1, -0.05) is 0 Å². The van der Waals surface area contributed by atoms with Crippen LogP contribution in [0.25, 0.3) is 0 Å². The second kappa shape index (κ2) is 8.52. The Hall–Kier alpha value is -2.08. The topological polar surface area (TPSA) is 59.1 Å². The van der Waals surface area contributed by atoms with Crippen molar-refractivity contribution in [1.29, 1.82) is 0 Å². The van der Waals surface area contributed by atoms with Crippen LogP contribution in [-0.2, 0) is 9.53 Å². The fraction of sp³-hybridized carbons (Fsp3) is 0.636. The number of carbonyl (C=O) groups excluding carboxylic acids is 2. The van der Waals surface area contributed by atoms with Crippen LogP contribution in [0.5, 0.6) is 5.75 Å². The fourth-order valence-corrected chi connectivity index (χ4v) is 4.15. The number of piperidine rings is 2. The first-order valence-corrected chi connectivity index (χ1v) is 10.5. The van der Waals surface area contributed by atoms with E-state index in [0.29, 0.717) is 23.9 Å². The highest BCUT2D eigenvalue weighted by atomic mass is 16.5. The maximum atomic E-state index is 12.7. The molecule has 0 aromatic heterocycles. The molecule has 152 valence electrons. The predicted octanol–water partition coefficient (Wildman–Crippen LogP) is 2.72. The van der Waals surface area contributed by atoms with Gasteiger partial charge in [-0.25, -0.2) is 0 Å². The highest BCUT2D eigenvalue weighted by Crippen LogP contribution is 2.32. The molecule has 0 bridgehead atoms. The van der Waals surface area contributed by atoms with E-state index in [1.165, 1.54) is 0 Å². The highest BCUT2D eigenvalue weighted by Gasteiger charge is 2.35. The number of carbonyl (C=O) groups is 2. The van der Waals surface area contributed by atoms with E-state index in [9.17, 15) is 9.59 Å². The quantitative estimate of drug-likeness (QED) is 0.781. The summed E-state index contributed by atoms with van der Waals surface area (Å²) in [7, 11) is 1.71. The van der Waals surface area contributed by atoms with Crippen LogP contribution in [0.2, 0.25) is 0 Å². The van der Waals surface area contributed by atoms with Gasteiger partial charge in [0.05, 0.1) is 6.10 Å². The van der Waals surface area contributed by atoms with Crippen LogP contribution in [0, 0.1) is 5.92 Å². The van der Waals surface area contributed by atoms with Gasteiger partial charge in [-0.15, -0.1) is 0 Å². The minimum Gasteiger partial charge on any atom is -0.490 e. The summed E-state index contributed by atoms with van der Waals surface area (Å²) in [5, 5.41) is 0. The van der Waals surface area contributed by atoms with Crippen molar-refractivity contribution in [2.24, 2.45) is 5.92 Å². The first-order chi connectivity index (χ1) is 13.6. The molecule has 1 saturated carbocycles.